The van der Waals surface area contributed by atoms with Gasteiger partial charge in [-0.3, -0.25) is 0 Å². The molecule has 3 rings (SSSR count). The van der Waals surface area contributed by atoms with Gasteiger partial charge in [-0.25, -0.2) is 0 Å². The van der Waals surface area contributed by atoms with Gasteiger partial charge in [0.1, 0.15) is 5.75 Å². The molecule has 0 amide bonds. The van der Waals surface area contributed by atoms with E-state index in [0.717, 1.165) is 18.7 Å². The average Bonchev–Trinajstić information content (AvgIpc) is 3.03. The molecule has 80 valence electrons. The lowest BCUT2D eigenvalue weighted by Crippen LogP contribution is -2.32. The van der Waals surface area contributed by atoms with E-state index < -0.39 is 0 Å². The molecule has 1 aromatic carbocycles. The fourth-order valence-corrected chi connectivity index (χ4v) is 2.53. The SMILES string of the molecule is COc1ccc2c(c1)CCNC1(CC1)C2. The molecule has 0 aromatic heterocycles. The third kappa shape index (κ3) is 1.63. The highest BCUT2D eigenvalue weighted by Crippen LogP contribution is 2.40. The summed E-state index contributed by atoms with van der Waals surface area (Å²) in [5.41, 5.74) is 3.43. The van der Waals surface area contributed by atoms with Crippen molar-refractivity contribution in [3.8, 4) is 5.75 Å². The fraction of sp³-hybridized carbons (Fsp3) is 0.538. The van der Waals surface area contributed by atoms with Crippen molar-refractivity contribution in [3.63, 3.8) is 0 Å². The highest BCUT2D eigenvalue weighted by molar-refractivity contribution is 5.38. The molecule has 2 aliphatic rings. The summed E-state index contributed by atoms with van der Waals surface area (Å²) in [6.07, 6.45) is 5.03. The lowest BCUT2D eigenvalue weighted by molar-refractivity contribution is 0.414. The first-order chi connectivity index (χ1) is 7.31. The summed E-state index contributed by atoms with van der Waals surface area (Å²) in [5.74, 6) is 0.987. The molecular weight excluding hydrogens is 186 g/mol. The van der Waals surface area contributed by atoms with E-state index in [-0.39, 0.29) is 0 Å². The Kier molecular flexibility index (Phi) is 1.99. The van der Waals surface area contributed by atoms with Crippen LogP contribution in [0.1, 0.15) is 24.0 Å². The first-order valence-corrected chi connectivity index (χ1v) is 5.72. The van der Waals surface area contributed by atoms with Crippen LogP contribution >= 0.6 is 0 Å². The van der Waals surface area contributed by atoms with Crippen molar-refractivity contribution >= 4 is 0 Å². The van der Waals surface area contributed by atoms with Gasteiger partial charge in [-0.2, -0.15) is 0 Å². The molecule has 2 heteroatoms. The predicted octanol–water partition coefficient (Wildman–Crippen LogP) is 1.92. The molecule has 1 saturated carbocycles. The van der Waals surface area contributed by atoms with Crippen LogP contribution in [0.15, 0.2) is 18.2 Å². The Balaban J connectivity index is 1.95. The van der Waals surface area contributed by atoms with Crippen LogP contribution in [0, 0.1) is 0 Å². The Morgan fingerprint density at radius 3 is 2.87 bits per heavy atom. The van der Waals surface area contributed by atoms with Crippen LogP contribution in [0.2, 0.25) is 0 Å². The van der Waals surface area contributed by atoms with Gasteiger partial charge in [0.15, 0.2) is 0 Å². The summed E-state index contributed by atoms with van der Waals surface area (Å²) < 4.78 is 5.27. The van der Waals surface area contributed by atoms with E-state index in [2.05, 4.69) is 23.5 Å². The molecule has 1 aliphatic carbocycles. The second kappa shape index (κ2) is 3.24. The quantitative estimate of drug-likeness (QED) is 0.753. The predicted molar refractivity (Wildman–Crippen MR) is 60.4 cm³/mol. The maximum atomic E-state index is 5.27. The summed E-state index contributed by atoms with van der Waals surface area (Å²) in [6.45, 7) is 1.11. The number of ether oxygens (including phenoxy) is 1. The zero-order chi connectivity index (χ0) is 10.3. The van der Waals surface area contributed by atoms with Crippen molar-refractivity contribution in [1.82, 2.24) is 5.32 Å². The number of methoxy groups -OCH3 is 1. The van der Waals surface area contributed by atoms with Crippen molar-refractivity contribution in [1.29, 1.82) is 0 Å². The standard InChI is InChI=1S/C13H17NO/c1-15-12-3-2-11-9-13(5-6-13)14-7-4-10(11)8-12/h2-3,8,14H,4-7,9H2,1H3. The third-order valence-electron chi connectivity index (χ3n) is 3.69. The Labute approximate surface area is 90.6 Å². The molecule has 1 N–H and O–H groups in total. The molecule has 15 heavy (non-hydrogen) atoms. The van der Waals surface area contributed by atoms with Crippen molar-refractivity contribution in [3.05, 3.63) is 29.3 Å². The minimum absolute atomic E-state index is 0.458. The van der Waals surface area contributed by atoms with Crippen LogP contribution < -0.4 is 10.1 Å². The summed E-state index contributed by atoms with van der Waals surface area (Å²) in [6, 6.07) is 6.51. The fourth-order valence-electron chi connectivity index (χ4n) is 2.53. The molecule has 0 bridgehead atoms. The first kappa shape index (κ1) is 9.22. The van der Waals surface area contributed by atoms with Crippen molar-refractivity contribution in [2.45, 2.75) is 31.2 Å². The Morgan fingerprint density at radius 1 is 1.27 bits per heavy atom. The summed E-state index contributed by atoms with van der Waals surface area (Å²) >= 11 is 0. The molecular formula is C13H17NO. The zero-order valence-electron chi connectivity index (χ0n) is 9.18. The highest BCUT2D eigenvalue weighted by Gasteiger charge is 2.43. The lowest BCUT2D eigenvalue weighted by atomic mass is 9.99. The van der Waals surface area contributed by atoms with E-state index in [1.54, 1.807) is 7.11 Å². The normalized spacial score (nSPS) is 21.9. The van der Waals surface area contributed by atoms with Gasteiger partial charge in [0.05, 0.1) is 7.11 Å². The van der Waals surface area contributed by atoms with E-state index in [0.29, 0.717) is 5.54 Å². The van der Waals surface area contributed by atoms with Gasteiger partial charge in [0, 0.05) is 5.54 Å². The van der Waals surface area contributed by atoms with Gasteiger partial charge >= 0.3 is 0 Å². The van der Waals surface area contributed by atoms with Gasteiger partial charge in [-0.15, -0.1) is 0 Å². The third-order valence-corrected chi connectivity index (χ3v) is 3.69. The molecule has 1 aliphatic heterocycles. The second-order valence-electron chi connectivity index (χ2n) is 4.77. The molecule has 2 nitrogen and oxygen atoms in total. The van der Waals surface area contributed by atoms with E-state index in [1.165, 1.54) is 30.4 Å². The average molecular weight is 203 g/mol. The van der Waals surface area contributed by atoms with Crippen molar-refractivity contribution < 1.29 is 4.74 Å². The first-order valence-electron chi connectivity index (χ1n) is 5.72. The minimum atomic E-state index is 0.458. The van der Waals surface area contributed by atoms with Gasteiger partial charge < -0.3 is 10.1 Å². The number of fused-ring (bicyclic) bond motifs is 1. The summed E-state index contributed by atoms with van der Waals surface area (Å²) in [7, 11) is 1.74. The summed E-state index contributed by atoms with van der Waals surface area (Å²) in [5, 5.41) is 3.68. The number of benzene rings is 1. The van der Waals surface area contributed by atoms with Crippen molar-refractivity contribution in [2.75, 3.05) is 13.7 Å². The van der Waals surface area contributed by atoms with Gasteiger partial charge in [0.2, 0.25) is 0 Å². The maximum Gasteiger partial charge on any atom is 0.119 e. The molecule has 1 fully saturated rings. The topological polar surface area (TPSA) is 21.3 Å². The lowest BCUT2D eigenvalue weighted by Gasteiger charge is -2.13. The van der Waals surface area contributed by atoms with E-state index in [1.807, 2.05) is 0 Å². The number of rotatable bonds is 1. The monoisotopic (exact) mass is 203 g/mol. The number of hydrogen-bond donors (Lipinski definition) is 1. The van der Waals surface area contributed by atoms with E-state index >= 15 is 0 Å². The van der Waals surface area contributed by atoms with Crippen LogP contribution in [0.25, 0.3) is 0 Å². The van der Waals surface area contributed by atoms with Crippen LogP contribution in [-0.4, -0.2) is 19.2 Å². The smallest absolute Gasteiger partial charge is 0.119 e. The van der Waals surface area contributed by atoms with Crippen LogP contribution in [-0.2, 0) is 12.8 Å². The van der Waals surface area contributed by atoms with Crippen LogP contribution in [0.5, 0.6) is 5.75 Å². The van der Waals surface area contributed by atoms with Crippen molar-refractivity contribution in [2.24, 2.45) is 0 Å². The largest absolute Gasteiger partial charge is 0.497 e. The molecule has 0 atom stereocenters. The maximum absolute atomic E-state index is 5.27. The molecule has 1 heterocycles. The second-order valence-corrected chi connectivity index (χ2v) is 4.77. The molecule has 1 spiro atoms. The van der Waals surface area contributed by atoms with Gasteiger partial charge in [-0.1, -0.05) is 6.07 Å². The molecule has 0 saturated heterocycles. The number of nitrogens with one attached hydrogen (secondary N) is 1. The molecule has 0 unspecified atom stereocenters. The van der Waals surface area contributed by atoms with Crippen LogP contribution in [0.3, 0.4) is 0 Å². The Hall–Kier alpha value is -1.02. The van der Waals surface area contributed by atoms with E-state index in [9.17, 15) is 0 Å². The van der Waals surface area contributed by atoms with E-state index in [4.69, 9.17) is 4.74 Å². The van der Waals surface area contributed by atoms with Crippen LogP contribution in [0.4, 0.5) is 0 Å². The Bertz CT molecular complexity index is 382. The van der Waals surface area contributed by atoms with Gasteiger partial charge in [-0.05, 0) is 55.5 Å². The Morgan fingerprint density at radius 2 is 2.13 bits per heavy atom. The zero-order valence-corrected chi connectivity index (χ0v) is 9.18. The van der Waals surface area contributed by atoms with Gasteiger partial charge in [0.25, 0.3) is 0 Å². The summed E-state index contributed by atoms with van der Waals surface area (Å²) in [4.78, 5) is 0. The molecule has 0 radical (unpaired) electrons. The minimum Gasteiger partial charge on any atom is -0.497 e. The highest BCUT2D eigenvalue weighted by atomic mass is 16.5. The number of hydrogen-bond acceptors (Lipinski definition) is 2. The molecule has 1 aromatic rings.